The lowest BCUT2D eigenvalue weighted by Gasteiger charge is -2.05. The third-order valence-corrected chi connectivity index (χ3v) is 4.28. The number of benzene rings is 2. The summed E-state index contributed by atoms with van der Waals surface area (Å²) in [4.78, 5) is 4.59. The van der Waals surface area contributed by atoms with E-state index in [1.54, 1.807) is 10.6 Å². The van der Waals surface area contributed by atoms with E-state index < -0.39 is 0 Å². The number of aliphatic hydroxyl groups excluding tert-OH is 1. The van der Waals surface area contributed by atoms with Gasteiger partial charge < -0.3 is 15.2 Å². The molecule has 0 saturated heterocycles. The van der Waals surface area contributed by atoms with Crippen LogP contribution in [0, 0.1) is 12.7 Å². The van der Waals surface area contributed by atoms with Crippen molar-refractivity contribution in [3.63, 3.8) is 0 Å². The van der Waals surface area contributed by atoms with Gasteiger partial charge in [-0.2, -0.15) is 4.98 Å². The lowest BCUT2D eigenvalue weighted by molar-refractivity contribution is -0.0112. The molecule has 0 aliphatic rings. The van der Waals surface area contributed by atoms with E-state index in [0.29, 0.717) is 18.2 Å². The first-order valence-electron chi connectivity index (χ1n) is 8.80. The molecule has 2 heterocycles. The lowest BCUT2D eigenvalue weighted by atomic mass is 10.1. The number of hydrogen-bond donors (Lipinski definition) is 2. The molecule has 7 heteroatoms. The zero-order valence-electron chi connectivity index (χ0n) is 15.3. The number of rotatable bonds is 6. The fourth-order valence-corrected chi connectivity index (χ4v) is 3.02. The molecule has 4 aromatic rings. The Kier molecular flexibility index (Phi) is 5.01. The summed E-state index contributed by atoms with van der Waals surface area (Å²) in [7, 11) is 0. The molecule has 2 aromatic carbocycles. The predicted molar refractivity (Wildman–Crippen MR) is 105 cm³/mol. The first-order valence-corrected chi connectivity index (χ1v) is 8.80. The second kappa shape index (κ2) is 7.75. The number of aromatic nitrogens is 3. The van der Waals surface area contributed by atoms with Crippen molar-refractivity contribution in [2.24, 2.45) is 0 Å². The molecule has 4 rings (SSSR count). The lowest BCUT2D eigenvalue weighted by Crippen LogP contribution is -1.96. The Hall–Kier alpha value is -3.29. The molecule has 0 fully saturated rings. The maximum Gasteiger partial charge on any atom is 0.247 e. The zero-order valence-corrected chi connectivity index (χ0v) is 15.3. The molecule has 0 aliphatic carbocycles. The number of fused-ring (bicyclic) bond motifs is 1. The van der Waals surface area contributed by atoms with Crippen LogP contribution in [-0.2, 0) is 11.3 Å². The van der Waals surface area contributed by atoms with Gasteiger partial charge in [0.15, 0.2) is 5.65 Å². The average molecular weight is 378 g/mol. The Morgan fingerprint density at radius 2 is 1.96 bits per heavy atom. The van der Waals surface area contributed by atoms with E-state index in [9.17, 15) is 4.39 Å². The number of anilines is 2. The van der Waals surface area contributed by atoms with Gasteiger partial charge in [-0.3, -0.25) is 0 Å². The van der Waals surface area contributed by atoms with Gasteiger partial charge in [0.05, 0.1) is 6.61 Å². The second-order valence-corrected chi connectivity index (χ2v) is 6.44. The molecule has 0 bridgehead atoms. The van der Waals surface area contributed by atoms with Gasteiger partial charge in [-0.05, 0) is 53.9 Å². The van der Waals surface area contributed by atoms with Crippen molar-refractivity contribution in [1.82, 2.24) is 14.6 Å². The van der Waals surface area contributed by atoms with Crippen molar-refractivity contribution in [3.8, 4) is 11.1 Å². The van der Waals surface area contributed by atoms with E-state index in [4.69, 9.17) is 9.84 Å². The molecular weight excluding hydrogens is 359 g/mol. The van der Waals surface area contributed by atoms with Crippen LogP contribution in [0.15, 0.2) is 60.8 Å². The molecule has 142 valence electrons. The number of halogens is 1. The summed E-state index contributed by atoms with van der Waals surface area (Å²) in [6, 6.07) is 16.0. The molecule has 0 spiro atoms. The van der Waals surface area contributed by atoms with Crippen LogP contribution in [0.25, 0.3) is 16.8 Å². The number of pyridine rings is 1. The molecule has 2 N–H and O–H groups in total. The van der Waals surface area contributed by atoms with E-state index >= 15 is 0 Å². The van der Waals surface area contributed by atoms with E-state index in [0.717, 1.165) is 27.9 Å². The molecule has 0 aliphatic heterocycles. The SMILES string of the molecule is Cc1cc(-c2cccc(F)c2)c2nc(Nc3ccc(COCO)cc3)nn2c1. The van der Waals surface area contributed by atoms with Gasteiger partial charge in [-0.1, -0.05) is 24.3 Å². The minimum atomic E-state index is -0.307. The average Bonchev–Trinajstić information content (AvgIpc) is 3.09. The molecule has 2 aromatic heterocycles. The van der Waals surface area contributed by atoms with Crippen LogP contribution in [0.5, 0.6) is 0 Å². The Bertz CT molecular complexity index is 1110. The van der Waals surface area contributed by atoms with Gasteiger partial charge >= 0.3 is 0 Å². The number of aryl methyl sites for hydroxylation is 1. The number of nitrogens with zero attached hydrogens (tertiary/aromatic N) is 3. The van der Waals surface area contributed by atoms with Gasteiger partial charge in [0.1, 0.15) is 12.6 Å². The molecule has 0 amide bonds. The van der Waals surface area contributed by atoms with Gasteiger partial charge in [0, 0.05) is 17.4 Å². The standard InChI is InChI=1S/C21H19FN4O2/c1-14-9-19(16-3-2-4-17(22)10-16)20-24-21(25-26(20)11-14)23-18-7-5-15(6-8-18)12-28-13-27/h2-11,27H,12-13H2,1H3,(H,23,25). The van der Waals surface area contributed by atoms with Crippen molar-refractivity contribution in [1.29, 1.82) is 0 Å². The van der Waals surface area contributed by atoms with Crippen LogP contribution in [0.2, 0.25) is 0 Å². The van der Waals surface area contributed by atoms with Crippen LogP contribution < -0.4 is 5.32 Å². The highest BCUT2D eigenvalue weighted by molar-refractivity contribution is 5.78. The number of nitrogens with one attached hydrogen (secondary N) is 1. The smallest absolute Gasteiger partial charge is 0.247 e. The highest BCUT2D eigenvalue weighted by atomic mass is 19.1. The third kappa shape index (κ3) is 3.85. The van der Waals surface area contributed by atoms with Crippen LogP contribution >= 0.6 is 0 Å². The summed E-state index contributed by atoms with van der Waals surface area (Å²) in [6.45, 7) is 2.00. The number of ether oxygens (including phenoxy) is 1. The van der Waals surface area contributed by atoms with E-state index in [-0.39, 0.29) is 12.6 Å². The van der Waals surface area contributed by atoms with Crippen LogP contribution in [0.3, 0.4) is 0 Å². The summed E-state index contributed by atoms with van der Waals surface area (Å²) < 4.78 is 20.3. The van der Waals surface area contributed by atoms with Crippen molar-refractivity contribution >= 4 is 17.3 Å². The molecule has 0 radical (unpaired) electrons. The maximum atomic E-state index is 13.7. The fourth-order valence-electron chi connectivity index (χ4n) is 3.02. The Balaban J connectivity index is 1.65. The summed E-state index contributed by atoms with van der Waals surface area (Å²) in [5, 5.41) is 16.4. The molecule has 0 unspecified atom stereocenters. The summed E-state index contributed by atoms with van der Waals surface area (Å²) >= 11 is 0. The van der Waals surface area contributed by atoms with Crippen LogP contribution in [0.4, 0.5) is 16.0 Å². The second-order valence-electron chi connectivity index (χ2n) is 6.44. The maximum absolute atomic E-state index is 13.7. The minimum Gasteiger partial charge on any atom is -0.371 e. The van der Waals surface area contributed by atoms with Gasteiger partial charge in [-0.15, -0.1) is 5.10 Å². The Morgan fingerprint density at radius 3 is 2.71 bits per heavy atom. The zero-order chi connectivity index (χ0) is 19.5. The Labute approximate surface area is 161 Å². The van der Waals surface area contributed by atoms with E-state index in [1.807, 2.05) is 49.5 Å². The largest absolute Gasteiger partial charge is 0.371 e. The van der Waals surface area contributed by atoms with Crippen LogP contribution in [0.1, 0.15) is 11.1 Å². The first-order chi connectivity index (χ1) is 13.6. The van der Waals surface area contributed by atoms with Gasteiger partial charge in [0.2, 0.25) is 5.95 Å². The molecule has 28 heavy (non-hydrogen) atoms. The van der Waals surface area contributed by atoms with Crippen molar-refractivity contribution in [2.45, 2.75) is 13.5 Å². The normalized spacial score (nSPS) is 11.1. The van der Waals surface area contributed by atoms with E-state index in [1.165, 1.54) is 12.1 Å². The van der Waals surface area contributed by atoms with Gasteiger partial charge in [0.25, 0.3) is 0 Å². The summed E-state index contributed by atoms with van der Waals surface area (Å²) in [5.74, 6) is 0.155. The minimum absolute atomic E-state index is 0.291. The highest BCUT2D eigenvalue weighted by Gasteiger charge is 2.12. The molecule has 0 saturated carbocycles. The van der Waals surface area contributed by atoms with E-state index in [2.05, 4.69) is 15.4 Å². The number of aliphatic hydroxyl groups is 1. The molecule has 0 atom stereocenters. The molecule has 6 nitrogen and oxygen atoms in total. The first kappa shape index (κ1) is 18.1. The number of hydrogen-bond acceptors (Lipinski definition) is 5. The fraction of sp³-hybridized carbons (Fsp3) is 0.143. The van der Waals surface area contributed by atoms with Crippen LogP contribution in [-0.4, -0.2) is 26.5 Å². The quantitative estimate of drug-likeness (QED) is 0.495. The van der Waals surface area contributed by atoms with Crippen molar-refractivity contribution < 1.29 is 14.2 Å². The third-order valence-electron chi connectivity index (χ3n) is 4.28. The predicted octanol–water partition coefficient (Wildman–Crippen LogP) is 4.05. The summed E-state index contributed by atoms with van der Waals surface area (Å²) in [5.41, 5.74) is 4.99. The topological polar surface area (TPSA) is 71.7 Å². The van der Waals surface area contributed by atoms with Crippen molar-refractivity contribution in [3.05, 3.63) is 77.7 Å². The summed E-state index contributed by atoms with van der Waals surface area (Å²) in [6.07, 6.45) is 1.88. The molecular formula is C21H19FN4O2. The van der Waals surface area contributed by atoms with Crippen molar-refractivity contribution in [2.75, 3.05) is 12.1 Å². The monoisotopic (exact) mass is 378 g/mol. The van der Waals surface area contributed by atoms with Gasteiger partial charge in [-0.25, -0.2) is 8.91 Å². The Morgan fingerprint density at radius 1 is 1.14 bits per heavy atom. The highest BCUT2D eigenvalue weighted by Crippen LogP contribution is 2.27.